The number of rotatable bonds is 3. The lowest BCUT2D eigenvalue weighted by atomic mass is 9.71. The van der Waals surface area contributed by atoms with Gasteiger partial charge < -0.3 is 15.4 Å². The average Bonchev–Trinajstić information content (AvgIpc) is 2.67. The van der Waals surface area contributed by atoms with Crippen LogP contribution in [0.1, 0.15) is 39.2 Å². The summed E-state index contributed by atoms with van der Waals surface area (Å²) in [6.45, 7) is 8.23. The van der Waals surface area contributed by atoms with Gasteiger partial charge in [-0.3, -0.25) is 15.0 Å². The van der Waals surface area contributed by atoms with Gasteiger partial charge in [0.1, 0.15) is 11.4 Å². The Morgan fingerprint density at radius 2 is 1.97 bits per heavy atom. The van der Waals surface area contributed by atoms with Gasteiger partial charge in [-0.2, -0.15) is 0 Å². The fourth-order valence-electron chi connectivity index (χ4n) is 4.43. The highest BCUT2D eigenvalue weighted by atomic mass is 19.1. The number of halogens is 1. The average molecular weight is 408 g/mol. The van der Waals surface area contributed by atoms with Crippen LogP contribution in [0, 0.1) is 21.8 Å². The Bertz CT molecular complexity index is 776. The molecule has 160 valence electrons. The van der Waals surface area contributed by atoms with Gasteiger partial charge in [-0.1, -0.05) is 0 Å². The topological polar surface area (TPSA) is 96.7 Å². The van der Waals surface area contributed by atoms with Crippen molar-refractivity contribution in [3.8, 4) is 0 Å². The highest BCUT2D eigenvalue weighted by molar-refractivity contribution is 5.70. The van der Waals surface area contributed by atoms with E-state index in [1.165, 1.54) is 12.1 Å². The number of hydrogen-bond acceptors (Lipinski definition) is 6. The molecule has 0 bridgehead atoms. The Morgan fingerprint density at radius 1 is 1.28 bits per heavy atom. The van der Waals surface area contributed by atoms with Gasteiger partial charge in [-0.15, -0.1) is 0 Å². The number of ether oxygens (including phenoxy) is 1. The first-order chi connectivity index (χ1) is 13.6. The smallest absolute Gasteiger partial charge is 0.411 e. The lowest BCUT2D eigenvalue weighted by Crippen LogP contribution is -2.66. The van der Waals surface area contributed by atoms with E-state index >= 15 is 4.39 Å². The Labute approximate surface area is 169 Å². The summed E-state index contributed by atoms with van der Waals surface area (Å²) in [5.41, 5.74) is -1.66. The van der Waals surface area contributed by atoms with Gasteiger partial charge in [0, 0.05) is 31.3 Å². The van der Waals surface area contributed by atoms with Crippen LogP contribution in [-0.4, -0.2) is 54.2 Å². The maximum Gasteiger partial charge on any atom is 0.411 e. The standard InChI is InChI=1S/C20H29FN4O4/c1-19(2,3)29-18(26)24-11-10-23-13-20(24,14-6-8-22-9-7-14)16-5-4-15(25(27)28)12-17(16)21/h4-5,12,14,22-23H,6-11,13H2,1-3H3. The lowest BCUT2D eigenvalue weighted by molar-refractivity contribution is -0.385. The zero-order valence-electron chi connectivity index (χ0n) is 17.2. The summed E-state index contributed by atoms with van der Waals surface area (Å²) in [7, 11) is 0. The normalized spacial score (nSPS) is 23.7. The molecule has 2 aliphatic heterocycles. The number of carbonyl (C=O) groups excluding carboxylic acids is 1. The van der Waals surface area contributed by atoms with Crippen LogP contribution in [0.3, 0.4) is 0 Å². The Kier molecular flexibility index (Phi) is 6.09. The maximum atomic E-state index is 15.2. The molecule has 8 nitrogen and oxygen atoms in total. The van der Waals surface area contributed by atoms with Crippen molar-refractivity contribution in [1.29, 1.82) is 0 Å². The number of nitro groups is 1. The molecule has 0 aromatic heterocycles. The maximum absolute atomic E-state index is 15.2. The summed E-state index contributed by atoms with van der Waals surface area (Å²) < 4.78 is 20.9. The molecular formula is C20H29FN4O4. The molecule has 1 atom stereocenters. The van der Waals surface area contributed by atoms with Crippen LogP contribution in [0.25, 0.3) is 0 Å². The Balaban J connectivity index is 2.11. The first-order valence-electron chi connectivity index (χ1n) is 10.0. The molecule has 29 heavy (non-hydrogen) atoms. The van der Waals surface area contributed by atoms with E-state index in [9.17, 15) is 14.9 Å². The molecule has 2 N–H and O–H groups in total. The minimum atomic E-state index is -0.970. The largest absolute Gasteiger partial charge is 0.444 e. The molecule has 0 aliphatic carbocycles. The van der Waals surface area contributed by atoms with E-state index in [2.05, 4.69) is 10.6 Å². The molecule has 0 spiro atoms. The van der Waals surface area contributed by atoms with E-state index in [0.29, 0.717) is 25.2 Å². The first-order valence-corrected chi connectivity index (χ1v) is 10.0. The number of piperazine rings is 1. The van der Waals surface area contributed by atoms with E-state index in [1.807, 2.05) is 0 Å². The van der Waals surface area contributed by atoms with Gasteiger partial charge >= 0.3 is 6.09 Å². The van der Waals surface area contributed by atoms with E-state index < -0.39 is 28.0 Å². The first kappa shape index (κ1) is 21.4. The van der Waals surface area contributed by atoms with Gasteiger partial charge in [0.25, 0.3) is 5.69 Å². The van der Waals surface area contributed by atoms with Gasteiger partial charge in [0.05, 0.1) is 16.5 Å². The molecular weight excluding hydrogens is 379 g/mol. The van der Waals surface area contributed by atoms with Crippen molar-refractivity contribution < 1.29 is 18.8 Å². The van der Waals surface area contributed by atoms with E-state index in [1.54, 1.807) is 25.7 Å². The van der Waals surface area contributed by atoms with Crippen molar-refractivity contribution in [3.05, 3.63) is 39.7 Å². The van der Waals surface area contributed by atoms with Gasteiger partial charge in [0.2, 0.25) is 0 Å². The molecule has 2 saturated heterocycles. The minimum Gasteiger partial charge on any atom is -0.444 e. The number of piperidine rings is 1. The molecule has 0 saturated carbocycles. The van der Waals surface area contributed by atoms with Gasteiger partial charge in [0.15, 0.2) is 0 Å². The third-order valence-corrected chi connectivity index (χ3v) is 5.65. The Morgan fingerprint density at radius 3 is 2.55 bits per heavy atom. The van der Waals surface area contributed by atoms with Crippen LogP contribution in [0.4, 0.5) is 14.9 Å². The second kappa shape index (κ2) is 8.23. The fourth-order valence-corrected chi connectivity index (χ4v) is 4.43. The predicted molar refractivity (Wildman–Crippen MR) is 106 cm³/mol. The van der Waals surface area contributed by atoms with Crippen LogP contribution >= 0.6 is 0 Å². The number of nitrogens with zero attached hydrogens (tertiary/aromatic N) is 2. The van der Waals surface area contributed by atoms with Crippen LogP contribution in [0.15, 0.2) is 18.2 Å². The van der Waals surface area contributed by atoms with Crippen LogP contribution < -0.4 is 10.6 Å². The van der Waals surface area contributed by atoms with Crippen LogP contribution in [-0.2, 0) is 10.3 Å². The van der Waals surface area contributed by atoms with Crippen molar-refractivity contribution in [2.24, 2.45) is 5.92 Å². The summed E-state index contributed by atoms with van der Waals surface area (Å²) in [5, 5.41) is 17.7. The molecule has 2 fully saturated rings. The van der Waals surface area contributed by atoms with E-state index in [0.717, 1.165) is 32.0 Å². The number of benzene rings is 1. The predicted octanol–water partition coefficient (Wildman–Crippen LogP) is 2.77. The second-order valence-corrected chi connectivity index (χ2v) is 8.68. The lowest BCUT2D eigenvalue weighted by Gasteiger charge is -2.53. The van der Waals surface area contributed by atoms with E-state index in [4.69, 9.17) is 4.74 Å². The molecule has 1 aromatic rings. The third-order valence-electron chi connectivity index (χ3n) is 5.65. The third kappa shape index (κ3) is 4.35. The molecule has 0 radical (unpaired) electrons. The highest BCUT2D eigenvalue weighted by Gasteiger charge is 2.51. The number of carbonyl (C=O) groups is 1. The zero-order valence-corrected chi connectivity index (χ0v) is 17.2. The second-order valence-electron chi connectivity index (χ2n) is 8.68. The summed E-state index contributed by atoms with van der Waals surface area (Å²) in [6, 6.07) is 3.71. The molecule has 9 heteroatoms. The monoisotopic (exact) mass is 408 g/mol. The van der Waals surface area contributed by atoms with E-state index in [-0.39, 0.29) is 11.6 Å². The van der Waals surface area contributed by atoms with Gasteiger partial charge in [-0.25, -0.2) is 9.18 Å². The fraction of sp³-hybridized carbons (Fsp3) is 0.650. The summed E-state index contributed by atoms with van der Waals surface area (Å²) in [4.78, 5) is 25.3. The quantitative estimate of drug-likeness (QED) is 0.590. The molecule has 2 aliphatic rings. The number of nitrogens with one attached hydrogen (secondary N) is 2. The number of nitro benzene ring substituents is 1. The SMILES string of the molecule is CC(C)(C)OC(=O)N1CCNCC1(c1ccc([N+](=O)[O-])cc1F)C1CCNCC1. The van der Waals surface area contributed by atoms with Crippen molar-refractivity contribution in [2.75, 3.05) is 32.7 Å². The van der Waals surface area contributed by atoms with Gasteiger partial charge in [-0.05, 0) is 58.7 Å². The number of non-ortho nitro benzene ring substituents is 1. The summed E-state index contributed by atoms with van der Waals surface area (Å²) in [5.74, 6) is -0.685. The summed E-state index contributed by atoms with van der Waals surface area (Å²) in [6.07, 6.45) is 1.03. The molecule has 1 aromatic carbocycles. The number of amides is 1. The molecule has 2 heterocycles. The minimum absolute atomic E-state index is 0.0139. The van der Waals surface area contributed by atoms with Crippen molar-refractivity contribution >= 4 is 11.8 Å². The zero-order chi connectivity index (χ0) is 21.2. The molecule has 1 amide bonds. The highest BCUT2D eigenvalue weighted by Crippen LogP contribution is 2.43. The number of hydrogen-bond donors (Lipinski definition) is 2. The molecule has 1 unspecified atom stereocenters. The van der Waals surface area contributed by atoms with Crippen molar-refractivity contribution in [3.63, 3.8) is 0 Å². The molecule has 3 rings (SSSR count). The summed E-state index contributed by atoms with van der Waals surface area (Å²) >= 11 is 0. The van der Waals surface area contributed by atoms with Crippen LogP contribution in [0.5, 0.6) is 0 Å². The Hall–Kier alpha value is -2.26. The van der Waals surface area contributed by atoms with Crippen molar-refractivity contribution in [2.45, 2.75) is 44.8 Å². The van der Waals surface area contributed by atoms with Crippen molar-refractivity contribution in [1.82, 2.24) is 15.5 Å². The van der Waals surface area contributed by atoms with Crippen LogP contribution in [0.2, 0.25) is 0 Å².